The van der Waals surface area contributed by atoms with E-state index in [-0.39, 0.29) is 11.9 Å². The van der Waals surface area contributed by atoms with Gasteiger partial charge < -0.3 is 34.1 Å². The highest BCUT2D eigenvalue weighted by Gasteiger charge is 2.25. The first kappa shape index (κ1) is 24.0. The number of ether oxygens (including phenoxy) is 4. The van der Waals surface area contributed by atoms with Gasteiger partial charge in [-0.15, -0.1) is 0 Å². The van der Waals surface area contributed by atoms with Crippen molar-refractivity contribution in [3.05, 3.63) is 47.0 Å². The van der Waals surface area contributed by atoms with Crippen LogP contribution in [0.3, 0.4) is 0 Å². The maximum Gasteiger partial charge on any atom is 0.317 e. The molecule has 9 nitrogen and oxygen atoms in total. The molecule has 1 fully saturated rings. The highest BCUT2D eigenvalue weighted by Crippen LogP contribution is 2.38. The molecule has 0 aromatic heterocycles. The molecule has 1 heterocycles. The van der Waals surface area contributed by atoms with Crippen LogP contribution in [0.2, 0.25) is 0 Å². The third kappa shape index (κ3) is 5.42. The second-order valence-corrected chi connectivity index (χ2v) is 7.66. The minimum atomic E-state index is -0.187. The van der Waals surface area contributed by atoms with E-state index in [1.54, 1.807) is 62.5 Å². The summed E-state index contributed by atoms with van der Waals surface area (Å²) in [7, 11) is 6.23. The Morgan fingerprint density at radius 3 is 1.94 bits per heavy atom. The first-order chi connectivity index (χ1) is 15.9. The lowest BCUT2D eigenvalue weighted by Crippen LogP contribution is -2.53. The summed E-state index contributed by atoms with van der Waals surface area (Å²) < 4.78 is 21.4. The number of carbonyl (C=O) groups is 2. The minimum Gasteiger partial charge on any atom is -0.496 e. The van der Waals surface area contributed by atoms with Crippen molar-refractivity contribution < 1.29 is 28.5 Å². The molecule has 2 aromatic carbocycles. The average molecular weight is 458 g/mol. The normalized spacial score (nSPS) is 13.4. The molecular formula is C24H31N3O6. The van der Waals surface area contributed by atoms with Crippen LogP contribution in [0, 0.1) is 6.92 Å². The van der Waals surface area contributed by atoms with Crippen LogP contribution in [0.25, 0.3) is 0 Å². The molecule has 1 saturated heterocycles. The molecular weight excluding hydrogens is 426 g/mol. The molecule has 0 saturated carbocycles. The van der Waals surface area contributed by atoms with Gasteiger partial charge in [0.25, 0.3) is 5.91 Å². The lowest BCUT2D eigenvalue weighted by Gasteiger charge is -2.34. The third-order valence-corrected chi connectivity index (χ3v) is 5.68. The van der Waals surface area contributed by atoms with Gasteiger partial charge in [-0.25, -0.2) is 4.79 Å². The molecule has 3 amide bonds. The maximum absolute atomic E-state index is 12.9. The van der Waals surface area contributed by atoms with Gasteiger partial charge in [0.1, 0.15) is 5.75 Å². The Labute approximate surface area is 194 Å². The van der Waals surface area contributed by atoms with E-state index in [2.05, 4.69) is 5.32 Å². The summed E-state index contributed by atoms with van der Waals surface area (Å²) in [5.41, 5.74) is 2.38. The number of hydrogen-bond acceptors (Lipinski definition) is 6. The van der Waals surface area contributed by atoms with Gasteiger partial charge in [0.05, 0.1) is 28.4 Å². The SMILES string of the molecule is COc1cc(C(=O)N2CCN(C(=O)NCc3cc(OC)c(OC)c(OC)c3)CC2)ccc1C. The van der Waals surface area contributed by atoms with Crippen LogP contribution in [0.1, 0.15) is 21.5 Å². The lowest BCUT2D eigenvalue weighted by atomic mass is 10.1. The highest BCUT2D eigenvalue weighted by atomic mass is 16.5. The van der Waals surface area contributed by atoms with Crippen molar-refractivity contribution in [2.75, 3.05) is 54.6 Å². The fourth-order valence-electron chi connectivity index (χ4n) is 3.78. The molecule has 33 heavy (non-hydrogen) atoms. The smallest absolute Gasteiger partial charge is 0.317 e. The lowest BCUT2D eigenvalue weighted by molar-refractivity contribution is 0.0664. The van der Waals surface area contributed by atoms with E-state index < -0.39 is 0 Å². The molecule has 1 aliphatic heterocycles. The van der Waals surface area contributed by atoms with Crippen molar-refractivity contribution in [3.8, 4) is 23.0 Å². The van der Waals surface area contributed by atoms with Gasteiger partial charge in [-0.3, -0.25) is 4.79 Å². The third-order valence-electron chi connectivity index (χ3n) is 5.68. The Kier molecular flexibility index (Phi) is 7.87. The number of methoxy groups -OCH3 is 4. The van der Waals surface area contributed by atoms with E-state index in [0.29, 0.717) is 61.3 Å². The van der Waals surface area contributed by atoms with Crippen LogP contribution in [-0.4, -0.2) is 76.4 Å². The molecule has 9 heteroatoms. The number of nitrogens with one attached hydrogen (secondary N) is 1. The first-order valence-corrected chi connectivity index (χ1v) is 10.7. The number of urea groups is 1. The van der Waals surface area contributed by atoms with E-state index in [4.69, 9.17) is 18.9 Å². The van der Waals surface area contributed by atoms with Gasteiger partial charge in [-0.2, -0.15) is 0 Å². The second-order valence-electron chi connectivity index (χ2n) is 7.66. The van der Waals surface area contributed by atoms with Crippen molar-refractivity contribution in [2.24, 2.45) is 0 Å². The Morgan fingerprint density at radius 1 is 0.818 bits per heavy atom. The molecule has 1 aliphatic rings. The van der Waals surface area contributed by atoms with Gasteiger partial charge in [-0.05, 0) is 42.3 Å². The Balaban J connectivity index is 1.56. The molecule has 0 atom stereocenters. The van der Waals surface area contributed by atoms with Gasteiger partial charge in [-0.1, -0.05) is 6.07 Å². The number of amides is 3. The Hall–Kier alpha value is -3.62. The van der Waals surface area contributed by atoms with E-state index >= 15 is 0 Å². The van der Waals surface area contributed by atoms with E-state index in [1.807, 2.05) is 13.0 Å². The molecule has 3 rings (SSSR count). The topological polar surface area (TPSA) is 89.6 Å². The number of aryl methyl sites for hydroxylation is 1. The number of carbonyl (C=O) groups excluding carboxylic acids is 2. The predicted octanol–water partition coefficient (Wildman–Crippen LogP) is 2.70. The summed E-state index contributed by atoms with van der Waals surface area (Å²) in [6.07, 6.45) is 0. The summed E-state index contributed by atoms with van der Waals surface area (Å²) in [5.74, 6) is 2.18. The second kappa shape index (κ2) is 10.8. The molecule has 0 unspecified atom stereocenters. The van der Waals surface area contributed by atoms with Crippen molar-refractivity contribution in [1.82, 2.24) is 15.1 Å². The molecule has 0 aliphatic carbocycles. The number of hydrogen-bond donors (Lipinski definition) is 1. The summed E-state index contributed by atoms with van der Waals surface area (Å²) in [4.78, 5) is 29.0. The summed E-state index contributed by atoms with van der Waals surface area (Å²) >= 11 is 0. The van der Waals surface area contributed by atoms with Gasteiger partial charge >= 0.3 is 6.03 Å². The average Bonchev–Trinajstić information content (AvgIpc) is 2.86. The van der Waals surface area contributed by atoms with Gasteiger partial charge in [0.2, 0.25) is 5.75 Å². The molecule has 0 radical (unpaired) electrons. The largest absolute Gasteiger partial charge is 0.496 e. The van der Waals surface area contributed by atoms with Crippen LogP contribution in [0.4, 0.5) is 4.79 Å². The van der Waals surface area contributed by atoms with E-state index in [9.17, 15) is 9.59 Å². The summed E-state index contributed by atoms with van der Waals surface area (Å²) in [6, 6.07) is 8.85. The van der Waals surface area contributed by atoms with Crippen LogP contribution in [0.5, 0.6) is 23.0 Å². The van der Waals surface area contributed by atoms with Crippen molar-refractivity contribution in [2.45, 2.75) is 13.5 Å². The summed E-state index contributed by atoms with van der Waals surface area (Å²) in [5, 5.41) is 2.92. The van der Waals surface area contributed by atoms with E-state index in [0.717, 1.165) is 11.1 Å². The number of rotatable bonds is 7. The number of nitrogens with zero attached hydrogens (tertiary/aromatic N) is 2. The standard InChI is InChI=1S/C24H31N3O6/c1-16-6-7-18(14-19(16)30-2)23(28)26-8-10-27(11-9-26)24(29)25-15-17-12-20(31-3)22(33-5)21(13-17)32-4/h6-7,12-14H,8-11,15H2,1-5H3,(H,25,29). The molecule has 1 N–H and O–H groups in total. The van der Waals surface area contributed by atoms with Crippen molar-refractivity contribution in [1.29, 1.82) is 0 Å². The first-order valence-electron chi connectivity index (χ1n) is 10.7. The van der Waals surface area contributed by atoms with Gasteiger partial charge in [0.15, 0.2) is 11.5 Å². The number of piperazine rings is 1. The van der Waals surface area contributed by atoms with Crippen molar-refractivity contribution >= 4 is 11.9 Å². The van der Waals surface area contributed by atoms with Crippen LogP contribution in [0.15, 0.2) is 30.3 Å². The van der Waals surface area contributed by atoms with Gasteiger partial charge in [0, 0.05) is 38.3 Å². The Morgan fingerprint density at radius 2 is 1.39 bits per heavy atom. The molecule has 0 spiro atoms. The maximum atomic E-state index is 12.9. The van der Waals surface area contributed by atoms with Crippen molar-refractivity contribution in [3.63, 3.8) is 0 Å². The quantitative estimate of drug-likeness (QED) is 0.688. The molecule has 178 valence electrons. The zero-order valence-corrected chi connectivity index (χ0v) is 19.8. The zero-order chi connectivity index (χ0) is 24.0. The fraction of sp³-hybridized carbons (Fsp3) is 0.417. The minimum absolute atomic E-state index is 0.0641. The van der Waals surface area contributed by atoms with Crippen LogP contribution >= 0.6 is 0 Å². The summed E-state index contributed by atoms with van der Waals surface area (Å²) in [6.45, 7) is 4.07. The monoisotopic (exact) mass is 457 g/mol. The predicted molar refractivity (Wildman–Crippen MR) is 124 cm³/mol. The zero-order valence-electron chi connectivity index (χ0n) is 19.8. The van der Waals surface area contributed by atoms with Crippen LogP contribution in [-0.2, 0) is 6.54 Å². The highest BCUT2D eigenvalue weighted by molar-refractivity contribution is 5.95. The fourth-order valence-corrected chi connectivity index (χ4v) is 3.78. The van der Waals surface area contributed by atoms with E-state index in [1.165, 1.54) is 0 Å². The number of benzene rings is 2. The Bertz CT molecular complexity index is 977. The van der Waals surface area contributed by atoms with Crippen LogP contribution < -0.4 is 24.3 Å². The molecule has 0 bridgehead atoms. The molecule has 2 aromatic rings.